The highest BCUT2D eigenvalue weighted by Gasteiger charge is 2.30. The fourth-order valence-corrected chi connectivity index (χ4v) is 2.33. The molecule has 0 bridgehead atoms. The highest BCUT2D eigenvalue weighted by atomic mass is 127. The van der Waals surface area contributed by atoms with Crippen molar-refractivity contribution in [1.29, 1.82) is 0 Å². The van der Waals surface area contributed by atoms with Gasteiger partial charge in [-0.25, -0.2) is 0 Å². The first-order valence-electron chi connectivity index (χ1n) is 5.24. The van der Waals surface area contributed by atoms with Gasteiger partial charge in [-0.1, -0.05) is 0 Å². The summed E-state index contributed by atoms with van der Waals surface area (Å²) in [7, 11) is 3.50. The molecule has 1 fully saturated rings. The van der Waals surface area contributed by atoms with E-state index in [9.17, 15) is 4.79 Å². The third kappa shape index (κ3) is 2.31. The molecule has 0 aliphatic heterocycles. The number of carbonyl (C=O) groups is 1. The lowest BCUT2D eigenvalue weighted by atomic mass is 10.2. The molecule has 4 heteroatoms. The third-order valence-corrected chi connectivity index (χ3v) is 3.71. The lowest BCUT2D eigenvalue weighted by molar-refractivity contribution is 0.0784. The van der Waals surface area contributed by atoms with Gasteiger partial charge in [-0.05, 0) is 53.6 Å². The molecule has 1 aromatic rings. The van der Waals surface area contributed by atoms with Crippen LogP contribution in [0.4, 0.5) is 0 Å². The molecule has 2 rings (SSSR count). The Kier molecular flexibility index (Phi) is 3.37. The molecule has 0 spiro atoms. The Morgan fingerprint density at radius 1 is 1.50 bits per heavy atom. The van der Waals surface area contributed by atoms with E-state index >= 15 is 0 Å². The summed E-state index contributed by atoms with van der Waals surface area (Å²) in [5, 5.41) is 0. The largest absolute Gasteiger partial charge is 0.497 e. The van der Waals surface area contributed by atoms with Crippen LogP contribution in [0.2, 0.25) is 0 Å². The number of hydrogen-bond donors (Lipinski definition) is 0. The Bertz CT molecular complexity index is 415. The van der Waals surface area contributed by atoms with Gasteiger partial charge in [0.2, 0.25) is 0 Å². The van der Waals surface area contributed by atoms with Crippen molar-refractivity contribution in [2.45, 2.75) is 18.9 Å². The van der Waals surface area contributed by atoms with Crippen LogP contribution in [0.25, 0.3) is 0 Å². The fourth-order valence-electron chi connectivity index (χ4n) is 1.61. The van der Waals surface area contributed by atoms with Gasteiger partial charge in [-0.3, -0.25) is 4.79 Å². The predicted molar refractivity (Wildman–Crippen MR) is 70.8 cm³/mol. The van der Waals surface area contributed by atoms with Crippen LogP contribution >= 0.6 is 22.6 Å². The molecule has 1 saturated carbocycles. The van der Waals surface area contributed by atoms with E-state index in [1.54, 1.807) is 7.11 Å². The van der Waals surface area contributed by atoms with Crippen LogP contribution in [0.1, 0.15) is 23.2 Å². The van der Waals surface area contributed by atoms with E-state index in [1.165, 1.54) is 0 Å². The summed E-state index contributed by atoms with van der Waals surface area (Å²) in [6, 6.07) is 6.00. The van der Waals surface area contributed by atoms with Crippen molar-refractivity contribution >= 4 is 28.5 Å². The quantitative estimate of drug-likeness (QED) is 0.797. The van der Waals surface area contributed by atoms with Crippen LogP contribution in [0, 0.1) is 3.57 Å². The summed E-state index contributed by atoms with van der Waals surface area (Å²) in [6.07, 6.45) is 2.27. The molecule has 1 aliphatic rings. The van der Waals surface area contributed by atoms with Crippen LogP contribution < -0.4 is 4.74 Å². The van der Waals surface area contributed by atoms with E-state index in [0.29, 0.717) is 6.04 Å². The van der Waals surface area contributed by atoms with Crippen molar-refractivity contribution in [3.8, 4) is 5.75 Å². The number of amides is 1. The monoisotopic (exact) mass is 331 g/mol. The lowest BCUT2D eigenvalue weighted by Gasteiger charge is -2.17. The van der Waals surface area contributed by atoms with Crippen LogP contribution in [-0.2, 0) is 0 Å². The summed E-state index contributed by atoms with van der Waals surface area (Å²) < 4.78 is 6.06. The third-order valence-electron chi connectivity index (χ3n) is 2.82. The Morgan fingerprint density at radius 3 is 2.69 bits per heavy atom. The zero-order valence-electron chi connectivity index (χ0n) is 9.37. The molecule has 0 atom stereocenters. The summed E-state index contributed by atoms with van der Waals surface area (Å²) in [5.41, 5.74) is 0.760. The van der Waals surface area contributed by atoms with E-state index in [4.69, 9.17) is 4.74 Å². The average Bonchev–Trinajstić information content (AvgIpc) is 3.10. The smallest absolute Gasteiger partial charge is 0.254 e. The zero-order chi connectivity index (χ0) is 11.7. The highest BCUT2D eigenvalue weighted by molar-refractivity contribution is 14.1. The Morgan fingerprint density at radius 2 is 2.19 bits per heavy atom. The van der Waals surface area contributed by atoms with Crippen LogP contribution in [0.15, 0.2) is 18.2 Å². The molecular weight excluding hydrogens is 317 g/mol. The molecule has 1 aromatic carbocycles. The Hall–Kier alpha value is -0.780. The predicted octanol–water partition coefficient (Wildman–Crippen LogP) is 2.53. The maximum Gasteiger partial charge on any atom is 0.254 e. The summed E-state index contributed by atoms with van der Waals surface area (Å²) >= 11 is 2.17. The van der Waals surface area contributed by atoms with E-state index in [0.717, 1.165) is 27.7 Å². The van der Waals surface area contributed by atoms with Crippen LogP contribution in [0.5, 0.6) is 5.75 Å². The van der Waals surface area contributed by atoms with Gasteiger partial charge >= 0.3 is 0 Å². The van der Waals surface area contributed by atoms with Gasteiger partial charge in [0, 0.05) is 16.7 Å². The average molecular weight is 331 g/mol. The highest BCUT2D eigenvalue weighted by Crippen LogP contribution is 2.28. The Labute approximate surface area is 109 Å². The number of benzene rings is 1. The van der Waals surface area contributed by atoms with Crippen LogP contribution in [-0.4, -0.2) is 31.0 Å². The van der Waals surface area contributed by atoms with Gasteiger partial charge in [0.15, 0.2) is 0 Å². The second-order valence-corrected chi connectivity index (χ2v) is 5.16. The van der Waals surface area contributed by atoms with Crippen molar-refractivity contribution in [3.63, 3.8) is 0 Å². The molecule has 1 amide bonds. The first-order chi connectivity index (χ1) is 7.63. The molecule has 0 radical (unpaired) electrons. The second kappa shape index (κ2) is 4.61. The maximum atomic E-state index is 12.1. The molecule has 16 heavy (non-hydrogen) atoms. The van der Waals surface area contributed by atoms with Crippen molar-refractivity contribution in [3.05, 3.63) is 27.3 Å². The Balaban J connectivity index is 2.22. The topological polar surface area (TPSA) is 29.5 Å². The minimum absolute atomic E-state index is 0.106. The number of nitrogens with zero attached hydrogens (tertiary/aromatic N) is 1. The van der Waals surface area contributed by atoms with Crippen LogP contribution in [0.3, 0.4) is 0 Å². The van der Waals surface area contributed by atoms with Gasteiger partial charge in [0.05, 0.1) is 12.7 Å². The standard InChI is InChI=1S/C12H14INO2/c1-14(8-3-4-8)12(15)10-6-5-9(16-2)7-11(10)13/h5-8H,3-4H2,1-2H3. The first kappa shape index (κ1) is 11.7. The number of hydrogen-bond acceptors (Lipinski definition) is 2. The number of methoxy groups -OCH3 is 1. The molecule has 86 valence electrons. The zero-order valence-corrected chi connectivity index (χ0v) is 11.5. The van der Waals surface area contributed by atoms with Crippen molar-refractivity contribution in [1.82, 2.24) is 4.90 Å². The first-order valence-corrected chi connectivity index (χ1v) is 6.32. The molecule has 0 heterocycles. The van der Waals surface area contributed by atoms with E-state index < -0.39 is 0 Å². The van der Waals surface area contributed by atoms with Gasteiger partial charge in [-0.2, -0.15) is 0 Å². The van der Waals surface area contributed by atoms with E-state index in [-0.39, 0.29) is 5.91 Å². The summed E-state index contributed by atoms with van der Waals surface area (Å²) in [4.78, 5) is 14.0. The molecular formula is C12H14INO2. The van der Waals surface area contributed by atoms with Gasteiger partial charge in [-0.15, -0.1) is 0 Å². The summed E-state index contributed by atoms with van der Waals surface area (Å²) in [6.45, 7) is 0. The SMILES string of the molecule is COc1ccc(C(=O)N(C)C2CC2)c(I)c1. The fraction of sp³-hybridized carbons (Fsp3) is 0.417. The van der Waals surface area contributed by atoms with Crippen molar-refractivity contribution in [2.75, 3.05) is 14.2 Å². The molecule has 0 saturated heterocycles. The summed E-state index contributed by atoms with van der Waals surface area (Å²) in [5.74, 6) is 0.893. The van der Waals surface area contributed by atoms with Crippen molar-refractivity contribution in [2.24, 2.45) is 0 Å². The van der Waals surface area contributed by atoms with E-state index in [2.05, 4.69) is 22.6 Å². The molecule has 0 aromatic heterocycles. The number of ether oxygens (including phenoxy) is 1. The number of rotatable bonds is 3. The van der Waals surface area contributed by atoms with Gasteiger partial charge in [0.25, 0.3) is 5.91 Å². The van der Waals surface area contributed by atoms with Crippen molar-refractivity contribution < 1.29 is 9.53 Å². The lowest BCUT2D eigenvalue weighted by Crippen LogP contribution is -2.29. The molecule has 1 aliphatic carbocycles. The number of carbonyl (C=O) groups excluding carboxylic acids is 1. The minimum Gasteiger partial charge on any atom is -0.497 e. The second-order valence-electron chi connectivity index (χ2n) is 3.99. The van der Waals surface area contributed by atoms with Gasteiger partial charge < -0.3 is 9.64 Å². The molecule has 0 unspecified atom stereocenters. The van der Waals surface area contributed by atoms with E-state index in [1.807, 2.05) is 30.1 Å². The molecule has 3 nitrogen and oxygen atoms in total. The normalized spacial score (nSPS) is 14.7. The minimum atomic E-state index is 0.106. The maximum absolute atomic E-state index is 12.1. The van der Waals surface area contributed by atoms with Gasteiger partial charge in [0.1, 0.15) is 5.75 Å². The number of halogens is 1. The molecule has 0 N–H and O–H groups in total.